The molecule has 1 aliphatic rings. The summed E-state index contributed by atoms with van der Waals surface area (Å²) in [5.41, 5.74) is 4.44. The SMILES string of the molecule is CC(=O)N1N=C(c2ccc(NS(C)(=O)=O)cc2)CC1c1cccc2nccnc12. The molecule has 0 aliphatic carbocycles. The molecule has 0 saturated heterocycles. The number of amides is 1. The summed E-state index contributed by atoms with van der Waals surface area (Å²) in [7, 11) is -3.34. The molecule has 1 amide bonds. The molecule has 3 aromatic rings. The highest BCUT2D eigenvalue weighted by molar-refractivity contribution is 7.92. The van der Waals surface area contributed by atoms with E-state index in [0.29, 0.717) is 12.1 Å². The molecule has 29 heavy (non-hydrogen) atoms. The Balaban J connectivity index is 1.67. The maximum atomic E-state index is 12.3. The number of fused-ring (bicyclic) bond motifs is 1. The summed E-state index contributed by atoms with van der Waals surface area (Å²) < 4.78 is 25.2. The Bertz CT molecular complexity index is 1220. The van der Waals surface area contributed by atoms with Crippen molar-refractivity contribution >= 4 is 38.4 Å². The molecule has 0 bridgehead atoms. The van der Waals surface area contributed by atoms with Crippen molar-refractivity contribution in [3.05, 3.63) is 66.0 Å². The first-order chi connectivity index (χ1) is 13.8. The number of aromatic nitrogens is 2. The van der Waals surface area contributed by atoms with Gasteiger partial charge in [-0.1, -0.05) is 24.3 Å². The van der Waals surface area contributed by atoms with E-state index in [-0.39, 0.29) is 11.9 Å². The molecule has 1 atom stereocenters. The van der Waals surface area contributed by atoms with E-state index < -0.39 is 10.0 Å². The molecule has 0 fully saturated rings. The van der Waals surface area contributed by atoms with Gasteiger partial charge >= 0.3 is 0 Å². The molecule has 1 N–H and O–H groups in total. The third-order valence-corrected chi connectivity index (χ3v) is 5.25. The first-order valence-electron chi connectivity index (χ1n) is 8.97. The van der Waals surface area contributed by atoms with Crippen molar-refractivity contribution in [2.45, 2.75) is 19.4 Å². The molecule has 8 nitrogen and oxygen atoms in total. The smallest absolute Gasteiger partial charge is 0.240 e. The Morgan fingerprint density at radius 1 is 1.10 bits per heavy atom. The minimum atomic E-state index is -3.34. The van der Waals surface area contributed by atoms with Gasteiger partial charge in [-0.25, -0.2) is 13.4 Å². The fourth-order valence-corrected chi connectivity index (χ4v) is 4.01. The van der Waals surface area contributed by atoms with Crippen LogP contribution < -0.4 is 4.72 Å². The van der Waals surface area contributed by atoms with Crippen LogP contribution in [0.3, 0.4) is 0 Å². The number of nitrogens with zero attached hydrogens (tertiary/aromatic N) is 4. The van der Waals surface area contributed by atoms with Crippen molar-refractivity contribution in [3.8, 4) is 0 Å². The Kier molecular flexibility index (Phi) is 4.75. The molecule has 1 aromatic heterocycles. The van der Waals surface area contributed by atoms with Crippen molar-refractivity contribution in [2.24, 2.45) is 5.10 Å². The van der Waals surface area contributed by atoms with E-state index in [9.17, 15) is 13.2 Å². The van der Waals surface area contributed by atoms with Crippen molar-refractivity contribution in [2.75, 3.05) is 11.0 Å². The number of para-hydroxylation sites is 1. The molecule has 4 rings (SSSR count). The van der Waals surface area contributed by atoms with E-state index in [1.807, 2.05) is 18.2 Å². The number of carbonyl (C=O) groups is 1. The number of nitrogens with one attached hydrogen (secondary N) is 1. The Morgan fingerprint density at radius 2 is 1.83 bits per heavy atom. The summed E-state index contributed by atoms with van der Waals surface area (Å²) in [5.74, 6) is -0.166. The van der Waals surface area contributed by atoms with Crippen LogP contribution in [0.2, 0.25) is 0 Å². The third-order valence-electron chi connectivity index (χ3n) is 4.64. The van der Waals surface area contributed by atoms with Crippen molar-refractivity contribution in [1.29, 1.82) is 0 Å². The maximum Gasteiger partial charge on any atom is 0.240 e. The molecular weight excluding hydrogens is 390 g/mol. The van der Waals surface area contributed by atoms with Gasteiger partial charge in [-0.15, -0.1) is 0 Å². The lowest BCUT2D eigenvalue weighted by Crippen LogP contribution is -2.24. The second-order valence-electron chi connectivity index (χ2n) is 6.85. The summed E-state index contributed by atoms with van der Waals surface area (Å²) in [6.07, 6.45) is 4.89. The highest BCUT2D eigenvalue weighted by atomic mass is 32.2. The molecule has 0 spiro atoms. The third kappa shape index (κ3) is 3.95. The first-order valence-corrected chi connectivity index (χ1v) is 10.9. The molecule has 148 valence electrons. The minimum absolute atomic E-state index is 0.166. The lowest BCUT2D eigenvalue weighted by Gasteiger charge is -2.21. The fourth-order valence-electron chi connectivity index (χ4n) is 3.45. The van der Waals surface area contributed by atoms with E-state index in [1.54, 1.807) is 36.7 Å². The van der Waals surface area contributed by atoms with Crippen LogP contribution in [-0.2, 0) is 14.8 Å². The molecule has 2 aromatic carbocycles. The van der Waals surface area contributed by atoms with Gasteiger partial charge in [0.25, 0.3) is 0 Å². The topological polar surface area (TPSA) is 105 Å². The lowest BCUT2D eigenvalue weighted by atomic mass is 9.97. The van der Waals surface area contributed by atoms with Crippen LogP contribution in [0.25, 0.3) is 11.0 Å². The number of hydrazone groups is 1. The summed E-state index contributed by atoms with van der Waals surface area (Å²) in [6.45, 7) is 1.48. The van der Waals surface area contributed by atoms with Crippen LogP contribution in [0, 0.1) is 0 Å². The number of sulfonamides is 1. The number of rotatable bonds is 4. The number of benzene rings is 2. The van der Waals surface area contributed by atoms with Crippen LogP contribution in [0.5, 0.6) is 0 Å². The van der Waals surface area contributed by atoms with Gasteiger partial charge in [-0.05, 0) is 23.8 Å². The van der Waals surface area contributed by atoms with Gasteiger partial charge in [-0.2, -0.15) is 5.10 Å². The number of hydrogen-bond donors (Lipinski definition) is 1. The summed E-state index contributed by atoms with van der Waals surface area (Å²) in [6, 6.07) is 12.4. The van der Waals surface area contributed by atoms with E-state index in [0.717, 1.165) is 34.1 Å². The highest BCUT2D eigenvalue weighted by Crippen LogP contribution is 2.35. The average molecular weight is 409 g/mol. The van der Waals surface area contributed by atoms with Crippen LogP contribution >= 0.6 is 0 Å². The van der Waals surface area contributed by atoms with Gasteiger partial charge in [-0.3, -0.25) is 19.5 Å². The van der Waals surface area contributed by atoms with E-state index >= 15 is 0 Å². The minimum Gasteiger partial charge on any atom is -0.284 e. The molecular formula is C20H19N5O3S. The van der Waals surface area contributed by atoms with Crippen LogP contribution in [0.4, 0.5) is 5.69 Å². The fraction of sp³-hybridized carbons (Fsp3) is 0.200. The molecule has 9 heteroatoms. The normalized spacial score (nSPS) is 16.7. The van der Waals surface area contributed by atoms with Gasteiger partial charge in [0, 0.05) is 37.0 Å². The van der Waals surface area contributed by atoms with Crippen LogP contribution in [-0.4, -0.2) is 41.3 Å². The molecule has 1 unspecified atom stereocenters. The predicted molar refractivity (Wildman–Crippen MR) is 111 cm³/mol. The summed E-state index contributed by atoms with van der Waals surface area (Å²) >= 11 is 0. The standard InChI is InChI=1S/C20H19N5O3S/c1-13(26)25-19(16-4-3-5-17-20(16)22-11-10-21-17)12-18(23-25)14-6-8-15(9-7-14)24-29(2,27)28/h3-11,19,24H,12H2,1-2H3. The summed E-state index contributed by atoms with van der Waals surface area (Å²) in [4.78, 5) is 21.0. The Hall–Kier alpha value is -3.33. The zero-order chi connectivity index (χ0) is 20.6. The number of carbonyl (C=O) groups excluding carboxylic acids is 1. The van der Waals surface area contributed by atoms with Crippen molar-refractivity contribution in [1.82, 2.24) is 15.0 Å². The van der Waals surface area contributed by atoms with Crippen LogP contribution in [0.1, 0.15) is 30.5 Å². The number of hydrogen-bond acceptors (Lipinski definition) is 6. The van der Waals surface area contributed by atoms with Gasteiger partial charge in [0.05, 0.1) is 29.0 Å². The second kappa shape index (κ2) is 7.25. The van der Waals surface area contributed by atoms with Crippen LogP contribution in [0.15, 0.2) is 60.0 Å². The molecule has 2 heterocycles. The molecule has 0 saturated carbocycles. The van der Waals surface area contributed by atoms with Gasteiger partial charge in [0.2, 0.25) is 15.9 Å². The quantitative estimate of drug-likeness (QED) is 0.713. The number of anilines is 1. The van der Waals surface area contributed by atoms with E-state index in [2.05, 4.69) is 19.8 Å². The first kappa shape index (κ1) is 19.0. The largest absolute Gasteiger partial charge is 0.284 e. The monoisotopic (exact) mass is 409 g/mol. The Morgan fingerprint density at radius 3 is 2.52 bits per heavy atom. The van der Waals surface area contributed by atoms with Gasteiger partial charge in [0.1, 0.15) is 0 Å². The zero-order valence-electron chi connectivity index (χ0n) is 15.9. The predicted octanol–water partition coefficient (Wildman–Crippen LogP) is 2.70. The second-order valence-corrected chi connectivity index (χ2v) is 8.60. The van der Waals surface area contributed by atoms with Gasteiger partial charge < -0.3 is 0 Å². The Labute approximate surface area is 168 Å². The highest BCUT2D eigenvalue weighted by Gasteiger charge is 2.32. The summed E-state index contributed by atoms with van der Waals surface area (Å²) in [5, 5.41) is 6.01. The van der Waals surface area contributed by atoms with E-state index in [1.165, 1.54) is 11.9 Å². The lowest BCUT2D eigenvalue weighted by molar-refractivity contribution is -0.130. The zero-order valence-corrected chi connectivity index (χ0v) is 16.7. The van der Waals surface area contributed by atoms with Crippen molar-refractivity contribution < 1.29 is 13.2 Å². The maximum absolute atomic E-state index is 12.3. The van der Waals surface area contributed by atoms with Crippen molar-refractivity contribution in [3.63, 3.8) is 0 Å². The van der Waals surface area contributed by atoms with E-state index in [4.69, 9.17) is 0 Å². The molecule has 1 aliphatic heterocycles. The average Bonchev–Trinajstić information content (AvgIpc) is 3.12. The molecule has 0 radical (unpaired) electrons. The van der Waals surface area contributed by atoms with Gasteiger partial charge in [0.15, 0.2) is 0 Å².